The van der Waals surface area contributed by atoms with E-state index in [9.17, 15) is 14.9 Å². The fourth-order valence-corrected chi connectivity index (χ4v) is 4.24. The van der Waals surface area contributed by atoms with Gasteiger partial charge in [-0.1, -0.05) is 82.8 Å². The van der Waals surface area contributed by atoms with E-state index in [1.54, 1.807) is 19.1 Å². The number of nitrogen functional groups attached to an aromatic ring is 1. The molecule has 4 rings (SSSR count). The third kappa shape index (κ3) is 11.0. The number of nitro benzene ring substituents is 1. The Morgan fingerprint density at radius 3 is 1.49 bits per heavy atom. The number of nitro groups is 1. The summed E-state index contributed by atoms with van der Waals surface area (Å²) >= 11 is 23.5. The Hall–Kier alpha value is -3.38. The SMILES string of the molecule is Cc1ccc(N)c(C)c1Cl.Cc1ccc(N=C=O)c(C)c1Cl.Cc1ccc([N+](=O)[O-])c(C)c1Cl.Cc1cccc(C)c1Cl. The number of nitrogens with zero attached hydrogens (tertiary/aromatic N) is 2. The number of rotatable bonds is 2. The zero-order valence-corrected chi connectivity index (χ0v) is 28.4. The summed E-state index contributed by atoms with van der Waals surface area (Å²) in [5.41, 5.74) is 14.6. The number of aryl methyl sites for hydroxylation is 5. The fraction of sp³-hybridized carbons (Fsp3) is 0.242. The van der Waals surface area contributed by atoms with Crippen molar-refractivity contribution in [3.8, 4) is 0 Å². The summed E-state index contributed by atoms with van der Waals surface area (Å²) in [4.78, 5) is 23.5. The van der Waals surface area contributed by atoms with E-state index in [-0.39, 0.29) is 5.69 Å². The zero-order chi connectivity index (χ0) is 33.0. The van der Waals surface area contributed by atoms with E-state index in [2.05, 4.69) is 4.99 Å². The predicted octanol–water partition coefficient (Wildman–Crippen LogP) is 11.3. The highest BCUT2D eigenvalue weighted by atomic mass is 35.5. The van der Waals surface area contributed by atoms with Crippen LogP contribution in [0.5, 0.6) is 0 Å². The number of hydrogen-bond donors (Lipinski definition) is 1. The quantitative estimate of drug-likeness (QED) is 0.0758. The Morgan fingerprint density at radius 1 is 0.628 bits per heavy atom. The molecule has 0 aromatic heterocycles. The van der Waals surface area contributed by atoms with Crippen LogP contribution in [0, 0.1) is 65.5 Å². The van der Waals surface area contributed by atoms with Crippen LogP contribution in [-0.4, -0.2) is 11.0 Å². The van der Waals surface area contributed by atoms with E-state index >= 15 is 0 Å². The molecular weight excluding hydrogens is 628 g/mol. The summed E-state index contributed by atoms with van der Waals surface area (Å²) in [5.74, 6) is 0. The van der Waals surface area contributed by atoms with E-state index in [1.165, 1.54) is 12.1 Å². The van der Waals surface area contributed by atoms with Crippen molar-refractivity contribution >= 4 is 69.5 Å². The number of anilines is 1. The number of hydrogen-bond acceptors (Lipinski definition) is 5. The van der Waals surface area contributed by atoms with Crippen molar-refractivity contribution < 1.29 is 9.72 Å². The first kappa shape index (κ1) is 37.6. The second kappa shape index (κ2) is 17.7. The highest BCUT2D eigenvalue weighted by Crippen LogP contribution is 2.29. The number of nitrogens with two attached hydrogens (primary N) is 1. The molecule has 0 radical (unpaired) electrons. The summed E-state index contributed by atoms with van der Waals surface area (Å²) in [6.45, 7) is 15.1. The summed E-state index contributed by atoms with van der Waals surface area (Å²) in [7, 11) is 0. The minimum absolute atomic E-state index is 0.0746. The summed E-state index contributed by atoms with van der Waals surface area (Å²) in [6.07, 6.45) is 1.49. The maximum absolute atomic E-state index is 10.4. The Bertz CT molecular complexity index is 1550. The smallest absolute Gasteiger partial charge is 0.273 e. The van der Waals surface area contributed by atoms with Gasteiger partial charge in [0.1, 0.15) is 0 Å². The largest absolute Gasteiger partial charge is 0.398 e. The van der Waals surface area contributed by atoms with Gasteiger partial charge in [0.2, 0.25) is 6.08 Å². The van der Waals surface area contributed by atoms with Crippen molar-refractivity contribution in [1.29, 1.82) is 0 Å². The molecule has 0 aliphatic carbocycles. The van der Waals surface area contributed by atoms with E-state index in [1.807, 2.05) is 84.9 Å². The third-order valence-corrected chi connectivity index (χ3v) is 8.81. The maximum Gasteiger partial charge on any atom is 0.273 e. The van der Waals surface area contributed by atoms with Crippen LogP contribution in [0.25, 0.3) is 0 Å². The lowest BCUT2D eigenvalue weighted by Crippen LogP contribution is -1.92. The van der Waals surface area contributed by atoms with Crippen LogP contribution in [0.3, 0.4) is 0 Å². The molecule has 4 aromatic rings. The first-order valence-electron chi connectivity index (χ1n) is 13.0. The van der Waals surface area contributed by atoms with E-state index in [0.717, 1.165) is 54.7 Å². The van der Waals surface area contributed by atoms with Gasteiger partial charge in [0.25, 0.3) is 5.69 Å². The topological polar surface area (TPSA) is 98.6 Å². The van der Waals surface area contributed by atoms with E-state index in [0.29, 0.717) is 21.3 Å². The Morgan fingerprint density at radius 2 is 1.05 bits per heavy atom. The van der Waals surface area contributed by atoms with Gasteiger partial charge in [0, 0.05) is 32.4 Å². The first-order valence-corrected chi connectivity index (χ1v) is 14.5. The number of isocyanates is 1. The van der Waals surface area contributed by atoms with Crippen LogP contribution in [0.2, 0.25) is 20.1 Å². The highest BCUT2D eigenvalue weighted by Gasteiger charge is 2.13. The first-order chi connectivity index (χ1) is 20.0. The fourth-order valence-electron chi connectivity index (χ4n) is 3.62. The molecule has 43 heavy (non-hydrogen) atoms. The zero-order valence-electron chi connectivity index (χ0n) is 25.4. The Labute approximate surface area is 273 Å². The molecule has 0 heterocycles. The number of benzene rings is 4. The van der Waals surface area contributed by atoms with Gasteiger partial charge < -0.3 is 5.73 Å². The minimum atomic E-state index is -0.430. The lowest BCUT2D eigenvalue weighted by atomic mass is 10.1. The minimum Gasteiger partial charge on any atom is -0.398 e. The van der Waals surface area contributed by atoms with Crippen molar-refractivity contribution in [2.24, 2.45) is 4.99 Å². The molecule has 4 aromatic carbocycles. The number of halogens is 4. The Balaban J connectivity index is 0.000000289. The van der Waals surface area contributed by atoms with Crippen molar-refractivity contribution in [3.05, 3.63) is 129 Å². The van der Waals surface area contributed by atoms with E-state index < -0.39 is 4.92 Å². The van der Waals surface area contributed by atoms with Crippen molar-refractivity contribution in [2.75, 3.05) is 5.73 Å². The van der Waals surface area contributed by atoms with Gasteiger partial charge >= 0.3 is 0 Å². The highest BCUT2D eigenvalue weighted by molar-refractivity contribution is 6.33. The van der Waals surface area contributed by atoms with Crippen LogP contribution in [-0.2, 0) is 4.79 Å². The van der Waals surface area contributed by atoms with Gasteiger partial charge in [-0.3, -0.25) is 10.1 Å². The molecule has 0 saturated carbocycles. The molecule has 0 aliphatic rings. The number of carbonyl (C=O) groups excluding carboxylic acids is 1. The maximum atomic E-state index is 10.4. The van der Waals surface area contributed by atoms with Gasteiger partial charge in [0.05, 0.1) is 15.6 Å². The van der Waals surface area contributed by atoms with Crippen LogP contribution < -0.4 is 5.73 Å². The molecule has 6 nitrogen and oxygen atoms in total. The average molecular weight is 663 g/mol. The van der Waals surface area contributed by atoms with Gasteiger partial charge in [-0.15, -0.1) is 0 Å². The molecular formula is C33H35Cl4N3O3. The molecule has 0 saturated heterocycles. The van der Waals surface area contributed by atoms with Gasteiger partial charge in [-0.2, -0.15) is 4.99 Å². The molecule has 2 N–H and O–H groups in total. The molecule has 0 amide bonds. The molecule has 0 bridgehead atoms. The third-order valence-electron chi connectivity index (χ3n) is 6.47. The standard InChI is InChI=1S/C9H8ClNO.C8H8ClNO2.C8H10ClN.C8H9Cl/c1-6-3-4-8(11-5-12)7(2)9(6)10;1-5-3-4-7(10(11)12)6(2)8(5)9;1-5-3-4-7(10)6(2)8(5)9;1-6-4-3-5-7(2)8(6)9/h2*3-4H,1-2H3;3-4H,10H2,1-2H3;3-5H,1-2H3. The van der Waals surface area contributed by atoms with Crippen LogP contribution in [0.1, 0.15) is 44.5 Å². The average Bonchev–Trinajstić information content (AvgIpc) is 2.97. The van der Waals surface area contributed by atoms with Gasteiger partial charge in [-0.05, 0) is 106 Å². The summed E-state index contributed by atoms with van der Waals surface area (Å²) in [5, 5.41) is 13.2. The molecule has 0 spiro atoms. The predicted molar refractivity (Wildman–Crippen MR) is 183 cm³/mol. The number of aliphatic imine (C=N–C) groups is 1. The van der Waals surface area contributed by atoms with E-state index in [4.69, 9.17) is 52.1 Å². The monoisotopic (exact) mass is 661 g/mol. The molecule has 0 unspecified atom stereocenters. The van der Waals surface area contributed by atoms with Crippen molar-refractivity contribution in [2.45, 2.75) is 55.4 Å². The second-order valence-corrected chi connectivity index (χ2v) is 11.3. The van der Waals surface area contributed by atoms with Crippen LogP contribution in [0.4, 0.5) is 17.1 Å². The molecule has 10 heteroatoms. The summed E-state index contributed by atoms with van der Waals surface area (Å²) < 4.78 is 0. The molecule has 0 aliphatic heterocycles. The lowest BCUT2D eigenvalue weighted by Gasteiger charge is -2.03. The molecule has 0 fully saturated rings. The van der Waals surface area contributed by atoms with Gasteiger partial charge in [-0.25, -0.2) is 4.79 Å². The summed E-state index contributed by atoms with van der Waals surface area (Å²) in [6, 6.07) is 16.5. The van der Waals surface area contributed by atoms with Crippen molar-refractivity contribution in [3.63, 3.8) is 0 Å². The second-order valence-electron chi connectivity index (χ2n) is 9.76. The molecule has 228 valence electrons. The van der Waals surface area contributed by atoms with Crippen LogP contribution in [0.15, 0.2) is 59.6 Å². The normalized spacial score (nSPS) is 9.67. The molecule has 0 atom stereocenters. The van der Waals surface area contributed by atoms with Crippen molar-refractivity contribution in [1.82, 2.24) is 0 Å². The lowest BCUT2D eigenvalue weighted by molar-refractivity contribution is -0.385. The van der Waals surface area contributed by atoms with Gasteiger partial charge in [0.15, 0.2) is 0 Å². The Kier molecular flexibility index (Phi) is 15.5. The van der Waals surface area contributed by atoms with Crippen LogP contribution >= 0.6 is 46.4 Å².